The van der Waals surface area contributed by atoms with Crippen molar-refractivity contribution < 1.29 is 9.59 Å². The first-order valence-corrected chi connectivity index (χ1v) is 10.4. The van der Waals surface area contributed by atoms with E-state index in [-0.39, 0.29) is 11.8 Å². The van der Waals surface area contributed by atoms with Gasteiger partial charge in [0, 0.05) is 27.9 Å². The average molecular weight is 403 g/mol. The molecule has 0 radical (unpaired) electrons. The van der Waals surface area contributed by atoms with Crippen LogP contribution in [-0.2, 0) is 4.79 Å². The van der Waals surface area contributed by atoms with Crippen LogP contribution in [0.3, 0.4) is 0 Å². The van der Waals surface area contributed by atoms with E-state index in [4.69, 9.17) is 0 Å². The molecule has 2 amide bonds. The highest BCUT2D eigenvalue weighted by molar-refractivity contribution is 7.98. The van der Waals surface area contributed by atoms with E-state index in [1.54, 1.807) is 36.0 Å². The highest BCUT2D eigenvalue weighted by Gasteiger charge is 2.10. The van der Waals surface area contributed by atoms with Gasteiger partial charge in [-0.25, -0.2) is 0 Å². The molecule has 0 aliphatic heterocycles. The first-order valence-electron chi connectivity index (χ1n) is 9.16. The summed E-state index contributed by atoms with van der Waals surface area (Å²) in [6.07, 6.45) is 5.30. The molecular formula is C24H22N2O2S. The molecule has 2 N–H and O–H groups in total. The Bertz CT molecular complexity index is 1030. The number of hydrogen-bond donors (Lipinski definition) is 2. The van der Waals surface area contributed by atoms with Gasteiger partial charge in [0.05, 0.1) is 0 Å². The van der Waals surface area contributed by atoms with Gasteiger partial charge in [-0.3, -0.25) is 9.59 Å². The molecule has 0 unspecified atom stereocenters. The largest absolute Gasteiger partial charge is 0.322 e. The number of carbonyl (C=O) groups excluding carboxylic acids is 2. The minimum atomic E-state index is -0.228. The lowest BCUT2D eigenvalue weighted by Gasteiger charge is -2.13. The molecule has 0 saturated carbocycles. The molecule has 0 aliphatic rings. The van der Waals surface area contributed by atoms with Crippen LogP contribution >= 0.6 is 11.8 Å². The Morgan fingerprint density at radius 3 is 2.14 bits per heavy atom. The summed E-state index contributed by atoms with van der Waals surface area (Å²) in [5.41, 5.74) is 3.65. The molecule has 0 atom stereocenters. The summed E-state index contributed by atoms with van der Waals surface area (Å²) < 4.78 is 0. The standard InChI is InChI=1S/C24H22N2O2S/c1-17-21(25-23(27)16-13-18-11-14-20(29-2)15-12-18)9-6-10-22(17)26-24(28)19-7-4-3-5-8-19/h3-16H,1-2H3,(H,25,27)(H,26,28). The van der Waals surface area contributed by atoms with Gasteiger partial charge in [0.25, 0.3) is 5.91 Å². The maximum Gasteiger partial charge on any atom is 0.255 e. The normalized spacial score (nSPS) is 10.7. The van der Waals surface area contributed by atoms with Crippen molar-refractivity contribution in [3.63, 3.8) is 0 Å². The zero-order valence-electron chi connectivity index (χ0n) is 16.3. The van der Waals surface area contributed by atoms with E-state index < -0.39 is 0 Å². The summed E-state index contributed by atoms with van der Waals surface area (Å²) in [6.45, 7) is 1.86. The van der Waals surface area contributed by atoms with E-state index in [0.717, 1.165) is 11.1 Å². The van der Waals surface area contributed by atoms with Gasteiger partial charge in [-0.1, -0.05) is 36.4 Å². The van der Waals surface area contributed by atoms with Gasteiger partial charge >= 0.3 is 0 Å². The quantitative estimate of drug-likeness (QED) is 0.415. The monoisotopic (exact) mass is 402 g/mol. The van der Waals surface area contributed by atoms with Crippen molar-refractivity contribution in [2.45, 2.75) is 11.8 Å². The van der Waals surface area contributed by atoms with Crippen molar-refractivity contribution in [2.75, 3.05) is 16.9 Å². The molecule has 0 spiro atoms. The van der Waals surface area contributed by atoms with Crippen LogP contribution in [0.15, 0.2) is 83.8 Å². The van der Waals surface area contributed by atoms with Crippen molar-refractivity contribution in [3.8, 4) is 0 Å². The topological polar surface area (TPSA) is 58.2 Å². The highest BCUT2D eigenvalue weighted by Crippen LogP contribution is 2.24. The number of nitrogens with one attached hydrogen (secondary N) is 2. The number of benzene rings is 3. The predicted octanol–water partition coefficient (Wildman–Crippen LogP) is 5.62. The van der Waals surface area contributed by atoms with Crippen LogP contribution < -0.4 is 10.6 Å². The maximum atomic E-state index is 12.4. The van der Waals surface area contributed by atoms with Crippen LogP contribution in [-0.4, -0.2) is 18.1 Å². The molecule has 4 nitrogen and oxygen atoms in total. The number of hydrogen-bond acceptors (Lipinski definition) is 3. The molecule has 3 rings (SSSR count). The first-order chi connectivity index (χ1) is 14.1. The van der Waals surface area contributed by atoms with E-state index in [1.807, 2.05) is 67.8 Å². The predicted molar refractivity (Wildman–Crippen MR) is 121 cm³/mol. The van der Waals surface area contributed by atoms with E-state index >= 15 is 0 Å². The van der Waals surface area contributed by atoms with Crippen molar-refractivity contribution in [1.82, 2.24) is 0 Å². The van der Waals surface area contributed by atoms with Crippen LogP contribution in [0.4, 0.5) is 11.4 Å². The lowest BCUT2D eigenvalue weighted by atomic mass is 10.1. The Kier molecular flexibility index (Phi) is 6.87. The molecule has 29 heavy (non-hydrogen) atoms. The molecule has 0 bridgehead atoms. The van der Waals surface area contributed by atoms with Gasteiger partial charge in [0.2, 0.25) is 5.91 Å². The van der Waals surface area contributed by atoms with Crippen LogP contribution in [0.2, 0.25) is 0 Å². The summed E-state index contributed by atoms with van der Waals surface area (Å²) in [4.78, 5) is 25.9. The van der Waals surface area contributed by atoms with Crippen LogP contribution in [0.1, 0.15) is 21.5 Å². The third-order valence-corrected chi connectivity index (χ3v) is 5.16. The highest BCUT2D eigenvalue weighted by atomic mass is 32.2. The van der Waals surface area contributed by atoms with E-state index in [2.05, 4.69) is 10.6 Å². The summed E-state index contributed by atoms with van der Waals surface area (Å²) in [5.74, 6) is -0.417. The summed E-state index contributed by atoms with van der Waals surface area (Å²) >= 11 is 1.68. The molecule has 0 aromatic heterocycles. The Morgan fingerprint density at radius 2 is 1.48 bits per heavy atom. The molecule has 3 aromatic rings. The molecule has 0 aliphatic carbocycles. The van der Waals surface area contributed by atoms with Gasteiger partial charge in [-0.15, -0.1) is 11.8 Å². The molecule has 146 valence electrons. The zero-order valence-corrected chi connectivity index (χ0v) is 17.1. The second-order valence-electron chi connectivity index (χ2n) is 6.39. The fourth-order valence-electron chi connectivity index (χ4n) is 2.75. The molecule has 0 heterocycles. The van der Waals surface area contributed by atoms with Gasteiger partial charge in [-0.2, -0.15) is 0 Å². The Labute approximate surface area is 175 Å². The number of thioether (sulfide) groups is 1. The van der Waals surface area contributed by atoms with E-state index in [1.165, 1.54) is 11.0 Å². The van der Waals surface area contributed by atoms with E-state index in [0.29, 0.717) is 16.9 Å². The summed E-state index contributed by atoms with van der Waals surface area (Å²) in [6, 6.07) is 22.4. The lowest BCUT2D eigenvalue weighted by molar-refractivity contribution is -0.111. The van der Waals surface area contributed by atoms with Crippen LogP contribution in [0, 0.1) is 6.92 Å². The number of anilines is 2. The second-order valence-corrected chi connectivity index (χ2v) is 7.27. The second kappa shape index (κ2) is 9.75. The van der Waals surface area contributed by atoms with Crippen LogP contribution in [0.5, 0.6) is 0 Å². The molecule has 0 fully saturated rings. The van der Waals surface area contributed by atoms with Crippen molar-refractivity contribution in [2.24, 2.45) is 0 Å². The third kappa shape index (κ3) is 5.59. The Balaban J connectivity index is 1.67. The molecule has 5 heteroatoms. The number of carbonyl (C=O) groups is 2. The van der Waals surface area contributed by atoms with Crippen molar-refractivity contribution >= 4 is 41.0 Å². The molecular weight excluding hydrogens is 380 g/mol. The Morgan fingerprint density at radius 1 is 0.828 bits per heavy atom. The van der Waals surface area contributed by atoms with Gasteiger partial charge in [0.1, 0.15) is 0 Å². The molecule has 3 aromatic carbocycles. The van der Waals surface area contributed by atoms with Crippen molar-refractivity contribution in [1.29, 1.82) is 0 Å². The minimum Gasteiger partial charge on any atom is -0.322 e. The number of rotatable bonds is 6. The smallest absolute Gasteiger partial charge is 0.255 e. The number of amides is 2. The average Bonchev–Trinajstić information content (AvgIpc) is 2.76. The maximum absolute atomic E-state index is 12.4. The Hall–Kier alpha value is -3.31. The van der Waals surface area contributed by atoms with Gasteiger partial charge in [-0.05, 0) is 66.8 Å². The summed E-state index contributed by atoms with van der Waals surface area (Å²) in [5, 5.41) is 5.77. The SMILES string of the molecule is CSc1ccc(C=CC(=O)Nc2cccc(NC(=O)c3ccccc3)c2C)cc1. The summed E-state index contributed by atoms with van der Waals surface area (Å²) in [7, 11) is 0. The molecule has 0 saturated heterocycles. The lowest BCUT2D eigenvalue weighted by Crippen LogP contribution is -2.14. The van der Waals surface area contributed by atoms with E-state index in [9.17, 15) is 9.59 Å². The van der Waals surface area contributed by atoms with Gasteiger partial charge in [0.15, 0.2) is 0 Å². The fraction of sp³-hybridized carbons (Fsp3) is 0.0833. The van der Waals surface area contributed by atoms with Gasteiger partial charge < -0.3 is 10.6 Å². The first kappa shape index (κ1) is 20.4. The van der Waals surface area contributed by atoms with Crippen LogP contribution in [0.25, 0.3) is 6.08 Å². The fourth-order valence-corrected chi connectivity index (χ4v) is 3.16. The third-order valence-electron chi connectivity index (χ3n) is 4.42. The minimum absolute atomic E-state index is 0.189. The van der Waals surface area contributed by atoms with Crippen molar-refractivity contribution in [3.05, 3.63) is 95.6 Å². The zero-order chi connectivity index (χ0) is 20.6.